The fourth-order valence-electron chi connectivity index (χ4n) is 1.84. The van der Waals surface area contributed by atoms with Crippen molar-refractivity contribution in [3.05, 3.63) is 21.4 Å². The van der Waals surface area contributed by atoms with Crippen LogP contribution in [-0.4, -0.2) is 6.54 Å². The molecule has 1 N–H and O–H groups in total. The fraction of sp³-hybridized carbons (Fsp3) is 0.615. The average Bonchev–Trinajstić information content (AvgIpc) is 2.57. The molecule has 88 valence electrons. The predicted octanol–water partition coefficient (Wildman–Crippen LogP) is 3.71. The van der Waals surface area contributed by atoms with Crippen LogP contribution < -0.4 is 5.32 Å². The first-order chi connectivity index (χ1) is 7.65. The van der Waals surface area contributed by atoms with Crippen LogP contribution in [0.1, 0.15) is 47.5 Å². The lowest BCUT2D eigenvalue weighted by Crippen LogP contribution is -2.19. The molecule has 0 aliphatic carbocycles. The van der Waals surface area contributed by atoms with Crippen molar-refractivity contribution >= 4 is 11.3 Å². The van der Waals surface area contributed by atoms with Gasteiger partial charge in [-0.15, -0.1) is 11.3 Å². The third-order valence-corrected chi connectivity index (χ3v) is 3.69. The van der Waals surface area contributed by atoms with E-state index in [1.54, 1.807) is 0 Å². The summed E-state index contributed by atoms with van der Waals surface area (Å²) in [6.45, 7) is 7.54. The molecule has 0 aliphatic heterocycles. The summed E-state index contributed by atoms with van der Waals surface area (Å²) < 4.78 is 0. The Hall–Kier alpha value is -0.850. The first-order valence-electron chi connectivity index (χ1n) is 5.82. The van der Waals surface area contributed by atoms with Crippen LogP contribution in [0.5, 0.6) is 0 Å². The van der Waals surface area contributed by atoms with Crippen molar-refractivity contribution in [1.29, 1.82) is 5.26 Å². The number of hydrogen-bond acceptors (Lipinski definition) is 3. The number of nitrogens with one attached hydrogen (secondary N) is 1. The lowest BCUT2D eigenvalue weighted by molar-refractivity contribution is 0.548. The van der Waals surface area contributed by atoms with Gasteiger partial charge in [-0.25, -0.2) is 0 Å². The topological polar surface area (TPSA) is 35.8 Å². The van der Waals surface area contributed by atoms with Crippen molar-refractivity contribution in [3.63, 3.8) is 0 Å². The van der Waals surface area contributed by atoms with Gasteiger partial charge in [0.25, 0.3) is 0 Å². The van der Waals surface area contributed by atoms with Crippen LogP contribution >= 0.6 is 11.3 Å². The molecule has 0 saturated carbocycles. The monoisotopic (exact) mass is 236 g/mol. The Balaban J connectivity index is 2.33. The standard InChI is InChI=1S/C13H20N2S/c1-10-9-13(12(3)16-10)11(2)15-8-6-4-5-7-14/h9,11,15H,4-6,8H2,1-3H3. The van der Waals surface area contributed by atoms with Crippen LogP contribution in [0.25, 0.3) is 0 Å². The van der Waals surface area contributed by atoms with Gasteiger partial charge in [0, 0.05) is 22.2 Å². The molecule has 2 nitrogen and oxygen atoms in total. The average molecular weight is 236 g/mol. The molecular weight excluding hydrogens is 216 g/mol. The highest BCUT2D eigenvalue weighted by Crippen LogP contribution is 2.25. The molecule has 0 saturated heterocycles. The lowest BCUT2D eigenvalue weighted by atomic mass is 10.1. The maximum Gasteiger partial charge on any atom is 0.0621 e. The molecular formula is C13H20N2S. The highest BCUT2D eigenvalue weighted by molar-refractivity contribution is 7.12. The van der Waals surface area contributed by atoms with E-state index in [9.17, 15) is 0 Å². The van der Waals surface area contributed by atoms with Gasteiger partial charge in [-0.2, -0.15) is 5.26 Å². The van der Waals surface area contributed by atoms with E-state index in [4.69, 9.17) is 5.26 Å². The molecule has 0 aliphatic rings. The quantitative estimate of drug-likeness (QED) is 0.764. The summed E-state index contributed by atoms with van der Waals surface area (Å²) in [5.41, 5.74) is 1.42. The van der Waals surface area contributed by atoms with E-state index in [-0.39, 0.29) is 0 Å². The zero-order valence-electron chi connectivity index (χ0n) is 10.3. The first-order valence-corrected chi connectivity index (χ1v) is 6.64. The molecule has 0 bridgehead atoms. The van der Waals surface area contributed by atoms with Crippen molar-refractivity contribution in [2.75, 3.05) is 6.54 Å². The molecule has 1 rings (SSSR count). The van der Waals surface area contributed by atoms with Gasteiger partial charge in [0.05, 0.1) is 6.07 Å². The van der Waals surface area contributed by atoms with Crippen LogP contribution in [-0.2, 0) is 0 Å². The van der Waals surface area contributed by atoms with Gasteiger partial charge in [-0.05, 0) is 51.8 Å². The van der Waals surface area contributed by atoms with E-state index in [0.717, 1.165) is 19.4 Å². The maximum atomic E-state index is 8.42. The number of aryl methyl sites for hydroxylation is 2. The minimum atomic E-state index is 0.423. The molecule has 1 aromatic rings. The van der Waals surface area contributed by atoms with Crippen LogP contribution in [0.15, 0.2) is 6.07 Å². The maximum absolute atomic E-state index is 8.42. The fourth-order valence-corrected chi connectivity index (χ4v) is 2.86. The van der Waals surface area contributed by atoms with Crippen molar-refractivity contribution in [3.8, 4) is 6.07 Å². The minimum Gasteiger partial charge on any atom is -0.310 e. The van der Waals surface area contributed by atoms with Gasteiger partial charge >= 0.3 is 0 Å². The van der Waals surface area contributed by atoms with Crippen LogP contribution in [0.4, 0.5) is 0 Å². The Bertz CT molecular complexity index is 362. The largest absolute Gasteiger partial charge is 0.310 e. The molecule has 0 radical (unpaired) electrons. The van der Waals surface area contributed by atoms with Gasteiger partial charge in [0.15, 0.2) is 0 Å². The molecule has 16 heavy (non-hydrogen) atoms. The van der Waals surface area contributed by atoms with E-state index < -0.39 is 0 Å². The second-order valence-electron chi connectivity index (χ2n) is 4.16. The summed E-state index contributed by atoms with van der Waals surface area (Å²) in [5.74, 6) is 0. The zero-order chi connectivity index (χ0) is 12.0. The minimum absolute atomic E-state index is 0.423. The van der Waals surface area contributed by atoms with E-state index >= 15 is 0 Å². The van der Waals surface area contributed by atoms with Crippen LogP contribution in [0, 0.1) is 25.2 Å². The van der Waals surface area contributed by atoms with Gasteiger partial charge in [0.2, 0.25) is 0 Å². The Morgan fingerprint density at radius 2 is 2.19 bits per heavy atom. The Kier molecular flexibility index (Phi) is 5.51. The Morgan fingerprint density at radius 1 is 1.44 bits per heavy atom. The number of rotatable bonds is 6. The molecule has 1 aromatic heterocycles. The molecule has 3 heteroatoms. The Labute approximate surface area is 102 Å². The highest BCUT2D eigenvalue weighted by atomic mass is 32.1. The van der Waals surface area contributed by atoms with Gasteiger partial charge < -0.3 is 5.32 Å². The molecule has 0 aromatic carbocycles. The van der Waals surface area contributed by atoms with Gasteiger partial charge in [0.1, 0.15) is 0 Å². The van der Waals surface area contributed by atoms with E-state index in [2.05, 4.69) is 38.2 Å². The van der Waals surface area contributed by atoms with Crippen LogP contribution in [0.3, 0.4) is 0 Å². The molecule has 1 heterocycles. The molecule has 0 amide bonds. The Morgan fingerprint density at radius 3 is 2.75 bits per heavy atom. The second-order valence-corrected chi connectivity index (χ2v) is 5.62. The number of nitriles is 1. The summed E-state index contributed by atoms with van der Waals surface area (Å²) in [6, 6.07) is 4.87. The number of unbranched alkanes of at least 4 members (excludes halogenated alkanes) is 2. The van der Waals surface area contributed by atoms with Crippen molar-refractivity contribution < 1.29 is 0 Å². The summed E-state index contributed by atoms with van der Waals surface area (Å²) in [7, 11) is 0. The zero-order valence-corrected chi connectivity index (χ0v) is 11.2. The molecule has 1 atom stereocenters. The van der Waals surface area contributed by atoms with E-state index in [1.807, 2.05) is 11.3 Å². The molecule has 1 unspecified atom stereocenters. The van der Waals surface area contributed by atoms with Crippen molar-refractivity contribution in [2.45, 2.75) is 46.1 Å². The second kappa shape index (κ2) is 6.67. The van der Waals surface area contributed by atoms with Crippen molar-refractivity contribution in [1.82, 2.24) is 5.32 Å². The lowest BCUT2D eigenvalue weighted by Gasteiger charge is -2.13. The molecule has 0 fully saturated rings. The summed E-state index contributed by atoms with van der Waals surface area (Å²) in [4.78, 5) is 2.79. The van der Waals surface area contributed by atoms with Crippen molar-refractivity contribution in [2.24, 2.45) is 0 Å². The SMILES string of the molecule is Cc1cc(C(C)NCCCCC#N)c(C)s1. The van der Waals surface area contributed by atoms with Gasteiger partial charge in [-0.1, -0.05) is 0 Å². The summed E-state index contributed by atoms with van der Waals surface area (Å²) in [6.07, 6.45) is 2.75. The first kappa shape index (κ1) is 13.2. The molecule has 0 spiro atoms. The third-order valence-electron chi connectivity index (χ3n) is 2.71. The normalized spacial score (nSPS) is 12.4. The summed E-state index contributed by atoms with van der Waals surface area (Å²) in [5, 5.41) is 11.9. The third kappa shape index (κ3) is 3.96. The van der Waals surface area contributed by atoms with E-state index in [0.29, 0.717) is 12.5 Å². The summed E-state index contributed by atoms with van der Waals surface area (Å²) >= 11 is 1.86. The number of nitrogens with zero attached hydrogens (tertiary/aromatic N) is 1. The number of hydrogen-bond donors (Lipinski definition) is 1. The van der Waals surface area contributed by atoms with Crippen LogP contribution in [0.2, 0.25) is 0 Å². The predicted molar refractivity (Wildman–Crippen MR) is 69.7 cm³/mol. The van der Waals surface area contributed by atoms with E-state index in [1.165, 1.54) is 15.3 Å². The van der Waals surface area contributed by atoms with Gasteiger partial charge in [-0.3, -0.25) is 0 Å². The highest BCUT2D eigenvalue weighted by Gasteiger charge is 2.09. The number of thiophene rings is 1. The smallest absolute Gasteiger partial charge is 0.0621 e.